The number of carbonyl (C=O) groups is 1. The predicted octanol–water partition coefficient (Wildman–Crippen LogP) is 5.54. The first-order valence-electron chi connectivity index (χ1n) is 9.80. The molecule has 1 amide bonds. The van der Waals surface area contributed by atoms with Crippen LogP contribution in [0.15, 0.2) is 42.5 Å². The summed E-state index contributed by atoms with van der Waals surface area (Å²) in [5.41, 5.74) is 3.19. The van der Waals surface area contributed by atoms with Crippen molar-refractivity contribution in [2.75, 3.05) is 26.7 Å². The van der Waals surface area contributed by atoms with Gasteiger partial charge in [0.2, 0.25) is 0 Å². The predicted molar refractivity (Wildman–Crippen MR) is 117 cm³/mol. The molecule has 3 nitrogen and oxygen atoms in total. The van der Waals surface area contributed by atoms with Gasteiger partial charge in [0, 0.05) is 12.6 Å². The fourth-order valence-electron chi connectivity index (χ4n) is 3.81. The second kappa shape index (κ2) is 9.78. The summed E-state index contributed by atoms with van der Waals surface area (Å²) in [6.45, 7) is 7.52. The molecule has 1 unspecified atom stereocenters. The Labute approximate surface area is 178 Å². The molecule has 0 bridgehead atoms. The van der Waals surface area contributed by atoms with Crippen molar-refractivity contribution in [3.63, 3.8) is 0 Å². The lowest BCUT2D eigenvalue weighted by atomic mass is 9.88. The molecule has 0 spiro atoms. The van der Waals surface area contributed by atoms with Crippen molar-refractivity contribution in [1.82, 2.24) is 10.2 Å². The normalized spacial score (nSPS) is 16.7. The maximum absolute atomic E-state index is 11.7. The van der Waals surface area contributed by atoms with Gasteiger partial charge >= 0.3 is 0 Å². The van der Waals surface area contributed by atoms with Crippen LogP contribution in [0.5, 0.6) is 0 Å². The number of nitrogens with zero attached hydrogens (tertiary/aromatic N) is 1. The SMILES string of the molecule is [CH2]C(CCN1CCC(c2ccc(C(=O)NC)cc2)CC1)c1ccc(Cl)c(Cl)c1. The Kier molecular flexibility index (Phi) is 7.39. The third-order valence-corrected chi connectivity index (χ3v) is 6.41. The van der Waals surface area contributed by atoms with Gasteiger partial charge < -0.3 is 10.2 Å². The zero-order valence-electron chi connectivity index (χ0n) is 16.3. The van der Waals surface area contributed by atoms with Crippen LogP contribution in [0, 0.1) is 6.92 Å². The van der Waals surface area contributed by atoms with Crippen LogP contribution in [-0.2, 0) is 0 Å². The van der Waals surface area contributed by atoms with Crippen LogP contribution >= 0.6 is 23.2 Å². The molecule has 1 aliphatic heterocycles. The van der Waals surface area contributed by atoms with Crippen molar-refractivity contribution in [2.45, 2.75) is 31.1 Å². The lowest BCUT2D eigenvalue weighted by Gasteiger charge is -2.33. The number of hydrogen-bond donors (Lipinski definition) is 1. The van der Waals surface area contributed by atoms with Gasteiger partial charge in [0.1, 0.15) is 0 Å². The maximum Gasteiger partial charge on any atom is 0.251 e. The second-order valence-corrected chi connectivity index (χ2v) is 8.29. The molecule has 149 valence electrons. The molecule has 1 saturated heterocycles. The molecular formula is C23H27Cl2N2O. The number of nitrogens with one attached hydrogen (secondary N) is 1. The van der Waals surface area contributed by atoms with Crippen molar-refractivity contribution >= 4 is 29.1 Å². The number of likely N-dealkylation sites (tertiary alicyclic amines) is 1. The fourth-order valence-corrected chi connectivity index (χ4v) is 4.12. The fraction of sp³-hybridized carbons (Fsp3) is 0.391. The quantitative estimate of drug-likeness (QED) is 0.668. The van der Waals surface area contributed by atoms with Crippen molar-refractivity contribution in [3.05, 3.63) is 76.1 Å². The van der Waals surface area contributed by atoms with Gasteiger partial charge in [0.25, 0.3) is 5.91 Å². The standard InChI is InChI=1S/C23H27Cl2N2O/c1-16(20-7-8-21(24)22(25)15-20)9-12-27-13-10-18(11-14-27)17-3-5-19(6-4-17)23(28)26-2/h3-8,15-16,18H,1,9-14H2,2H3,(H,26,28). The van der Waals surface area contributed by atoms with E-state index in [4.69, 9.17) is 23.2 Å². The molecule has 0 aliphatic carbocycles. The van der Waals surface area contributed by atoms with Crippen LogP contribution in [-0.4, -0.2) is 37.5 Å². The topological polar surface area (TPSA) is 32.3 Å². The third-order valence-electron chi connectivity index (χ3n) is 5.67. The first kappa shape index (κ1) is 21.2. The van der Waals surface area contributed by atoms with Crippen molar-refractivity contribution in [2.24, 2.45) is 0 Å². The van der Waals surface area contributed by atoms with Crippen LogP contribution < -0.4 is 5.32 Å². The molecule has 1 aliphatic rings. The Hall–Kier alpha value is -1.55. The number of halogens is 2. The first-order chi connectivity index (χ1) is 13.5. The van der Waals surface area contributed by atoms with Gasteiger partial charge in [0.05, 0.1) is 10.0 Å². The molecule has 3 rings (SSSR count). The summed E-state index contributed by atoms with van der Waals surface area (Å²) in [5, 5.41) is 3.84. The van der Waals surface area contributed by atoms with Crippen molar-refractivity contribution in [3.8, 4) is 0 Å². The van der Waals surface area contributed by atoms with Crippen LogP contribution in [0.1, 0.15) is 52.6 Å². The summed E-state index contributed by atoms with van der Waals surface area (Å²) in [6, 6.07) is 13.8. The highest BCUT2D eigenvalue weighted by Gasteiger charge is 2.21. The first-order valence-corrected chi connectivity index (χ1v) is 10.6. The number of hydrogen-bond acceptors (Lipinski definition) is 2. The lowest BCUT2D eigenvalue weighted by Crippen LogP contribution is -2.34. The number of piperidine rings is 1. The largest absolute Gasteiger partial charge is 0.355 e. The van der Waals surface area contributed by atoms with E-state index in [9.17, 15) is 4.79 Å². The number of benzene rings is 2. The van der Waals surface area contributed by atoms with Gasteiger partial charge in [-0.1, -0.05) is 41.4 Å². The summed E-state index contributed by atoms with van der Waals surface area (Å²) >= 11 is 12.1. The molecule has 0 aromatic heterocycles. The van der Waals surface area contributed by atoms with E-state index in [0.717, 1.165) is 44.5 Å². The average molecular weight is 418 g/mol. The minimum atomic E-state index is -0.0360. The van der Waals surface area contributed by atoms with Gasteiger partial charge in [-0.3, -0.25) is 4.79 Å². The molecule has 1 atom stereocenters. The summed E-state index contributed by atoms with van der Waals surface area (Å²) in [5.74, 6) is 0.747. The minimum Gasteiger partial charge on any atom is -0.355 e. The maximum atomic E-state index is 11.7. The van der Waals surface area contributed by atoms with Gasteiger partial charge in [-0.25, -0.2) is 0 Å². The van der Waals surface area contributed by atoms with Crippen LogP contribution in [0.3, 0.4) is 0 Å². The van der Waals surface area contributed by atoms with E-state index < -0.39 is 0 Å². The molecule has 1 radical (unpaired) electrons. The second-order valence-electron chi connectivity index (χ2n) is 7.48. The molecule has 2 aromatic carbocycles. The molecule has 5 heteroatoms. The highest BCUT2D eigenvalue weighted by atomic mass is 35.5. The molecule has 28 heavy (non-hydrogen) atoms. The highest BCUT2D eigenvalue weighted by Crippen LogP contribution is 2.30. The summed E-state index contributed by atoms with van der Waals surface area (Å²) in [6.07, 6.45) is 3.30. The molecule has 0 saturated carbocycles. The van der Waals surface area contributed by atoms with Gasteiger partial charge in [-0.05, 0) is 93.0 Å². The summed E-state index contributed by atoms with van der Waals surface area (Å²) in [7, 11) is 1.66. The Morgan fingerprint density at radius 2 is 1.82 bits per heavy atom. The minimum absolute atomic E-state index is 0.0360. The zero-order valence-corrected chi connectivity index (χ0v) is 17.8. The molecule has 1 N–H and O–H groups in total. The van der Waals surface area contributed by atoms with E-state index in [2.05, 4.69) is 29.3 Å². The third kappa shape index (κ3) is 5.28. The van der Waals surface area contributed by atoms with E-state index in [-0.39, 0.29) is 11.8 Å². The van der Waals surface area contributed by atoms with Gasteiger partial charge in [-0.2, -0.15) is 0 Å². The highest BCUT2D eigenvalue weighted by molar-refractivity contribution is 6.42. The lowest BCUT2D eigenvalue weighted by molar-refractivity contribution is 0.0963. The molecular weight excluding hydrogens is 391 g/mol. The molecule has 1 heterocycles. The summed E-state index contributed by atoms with van der Waals surface area (Å²) < 4.78 is 0. The Bertz CT molecular complexity index is 799. The van der Waals surface area contributed by atoms with E-state index in [1.165, 1.54) is 5.56 Å². The van der Waals surface area contributed by atoms with Crippen molar-refractivity contribution in [1.29, 1.82) is 0 Å². The average Bonchev–Trinajstić information content (AvgIpc) is 2.74. The summed E-state index contributed by atoms with van der Waals surface area (Å²) in [4.78, 5) is 14.2. The molecule has 1 fully saturated rings. The number of rotatable bonds is 6. The number of amides is 1. The van der Waals surface area contributed by atoms with Gasteiger partial charge in [0.15, 0.2) is 0 Å². The van der Waals surface area contributed by atoms with Crippen LogP contribution in [0.2, 0.25) is 10.0 Å². The number of carbonyl (C=O) groups excluding carboxylic acids is 1. The smallest absolute Gasteiger partial charge is 0.251 e. The van der Waals surface area contributed by atoms with E-state index in [1.54, 1.807) is 7.05 Å². The Morgan fingerprint density at radius 1 is 1.14 bits per heavy atom. The van der Waals surface area contributed by atoms with Crippen molar-refractivity contribution < 1.29 is 4.79 Å². The molecule has 2 aromatic rings. The van der Waals surface area contributed by atoms with Crippen LogP contribution in [0.4, 0.5) is 0 Å². The zero-order chi connectivity index (χ0) is 20.1. The van der Waals surface area contributed by atoms with E-state index in [1.807, 2.05) is 30.3 Å². The van der Waals surface area contributed by atoms with E-state index >= 15 is 0 Å². The van der Waals surface area contributed by atoms with Gasteiger partial charge in [-0.15, -0.1) is 0 Å². The van der Waals surface area contributed by atoms with Crippen LogP contribution in [0.25, 0.3) is 0 Å². The Morgan fingerprint density at radius 3 is 2.43 bits per heavy atom. The Balaban J connectivity index is 1.47. The van der Waals surface area contributed by atoms with E-state index in [0.29, 0.717) is 21.5 Å². The monoisotopic (exact) mass is 417 g/mol.